The molecule has 0 amide bonds. The lowest BCUT2D eigenvalue weighted by atomic mass is 9.91. The van der Waals surface area contributed by atoms with Crippen molar-refractivity contribution in [1.29, 1.82) is 0 Å². The summed E-state index contributed by atoms with van der Waals surface area (Å²) in [5, 5.41) is -0.197. The van der Waals surface area contributed by atoms with Crippen molar-refractivity contribution >= 4 is 11.6 Å². The van der Waals surface area contributed by atoms with Crippen LogP contribution in [0.15, 0.2) is 18.2 Å². The van der Waals surface area contributed by atoms with Crippen LogP contribution in [0, 0.1) is 0 Å². The van der Waals surface area contributed by atoms with E-state index in [1.165, 1.54) is 6.07 Å². The molecule has 1 heterocycles. The molecule has 1 nitrogen and oxygen atoms in total. The molecule has 1 unspecified atom stereocenters. The van der Waals surface area contributed by atoms with Gasteiger partial charge in [-0.15, -0.1) is 0 Å². The molecule has 1 aromatic carbocycles. The number of hydrogen-bond acceptors (Lipinski definition) is 1. The van der Waals surface area contributed by atoms with Crippen LogP contribution < -0.4 is 0 Å². The molecule has 0 spiro atoms. The summed E-state index contributed by atoms with van der Waals surface area (Å²) in [6.45, 7) is 3.74. The van der Waals surface area contributed by atoms with E-state index in [-0.39, 0.29) is 11.1 Å². The number of piperidine rings is 1. The molecule has 5 heteroatoms. The topological polar surface area (TPSA) is 3.24 Å². The molecule has 0 aliphatic carbocycles. The van der Waals surface area contributed by atoms with Crippen LogP contribution in [0.5, 0.6) is 0 Å². The van der Waals surface area contributed by atoms with Gasteiger partial charge in [-0.3, -0.25) is 4.90 Å². The number of nitrogens with zero attached hydrogens (tertiary/aromatic N) is 1. The van der Waals surface area contributed by atoms with Gasteiger partial charge in [-0.2, -0.15) is 13.2 Å². The Kier molecular flexibility index (Phi) is 4.97. The molecule has 1 aromatic rings. The van der Waals surface area contributed by atoms with Crippen molar-refractivity contribution in [1.82, 2.24) is 4.90 Å². The van der Waals surface area contributed by atoms with E-state index in [9.17, 15) is 13.2 Å². The number of rotatable bonds is 3. The Morgan fingerprint density at radius 3 is 2.70 bits per heavy atom. The van der Waals surface area contributed by atoms with E-state index >= 15 is 0 Å². The minimum Gasteiger partial charge on any atom is -0.296 e. The summed E-state index contributed by atoms with van der Waals surface area (Å²) < 4.78 is 39.8. The van der Waals surface area contributed by atoms with Crippen LogP contribution in [0.2, 0.25) is 5.02 Å². The Bertz CT molecular complexity index is 457. The molecule has 112 valence electrons. The van der Waals surface area contributed by atoms with E-state index in [0.29, 0.717) is 5.56 Å². The highest BCUT2D eigenvalue weighted by Gasteiger charge is 2.39. The van der Waals surface area contributed by atoms with Gasteiger partial charge in [0.05, 0.1) is 10.6 Å². The smallest absolute Gasteiger partial charge is 0.296 e. The highest BCUT2D eigenvalue weighted by molar-refractivity contribution is 6.31. The average molecular weight is 306 g/mol. The lowest BCUT2D eigenvalue weighted by molar-refractivity contribution is -0.138. The van der Waals surface area contributed by atoms with Crippen molar-refractivity contribution < 1.29 is 13.2 Å². The van der Waals surface area contributed by atoms with Crippen molar-refractivity contribution in [3.05, 3.63) is 34.3 Å². The standard InChI is InChI=1S/C15H19ClF3N/c1-2-9-20-10-4-3-8-13(20)11-6-5-7-12(16)14(11)15(17,18)19/h5-7,13H,2-4,8-10H2,1H3. The van der Waals surface area contributed by atoms with Crippen molar-refractivity contribution in [2.75, 3.05) is 13.1 Å². The van der Waals surface area contributed by atoms with Gasteiger partial charge in [-0.25, -0.2) is 0 Å². The molecular formula is C15H19ClF3N. The molecule has 1 aliphatic heterocycles. The first-order valence-corrected chi connectivity index (χ1v) is 7.42. The summed E-state index contributed by atoms with van der Waals surface area (Å²) in [5.74, 6) is 0. The minimum absolute atomic E-state index is 0.168. The predicted octanol–water partition coefficient (Wildman–Crippen LogP) is 5.30. The lowest BCUT2D eigenvalue weighted by Crippen LogP contribution is -2.35. The van der Waals surface area contributed by atoms with Gasteiger partial charge >= 0.3 is 6.18 Å². The first kappa shape index (κ1) is 15.6. The van der Waals surface area contributed by atoms with Crippen LogP contribution >= 0.6 is 11.6 Å². The van der Waals surface area contributed by atoms with Gasteiger partial charge < -0.3 is 0 Å². The van der Waals surface area contributed by atoms with E-state index in [0.717, 1.165) is 38.8 Å². The maximum absolute atomic E-state index is 13.3. The monoisotopic (exact) mass is 305 g/mol. The molecule has 0 N–H and O–H groups in total. The third kappa shape index (κ3) is 3.29. The number of hydrogen-bond donors (Lipinski definition) is 0. The molecule has 20 heavy (non-hydrogen) atoms. The molecule has 1 aliphatic rings. The summed E-state index contributed by atoms with van der Waals surface area (Å²) in [7, 11) is 0. The van der Waals surface area contributed by atoms with Crippen LogP contribution in [0.25, 0.3) is 0 Å². The SMILES string of the molecule is CCCN1CCCCC1c1cccc(Cl)c1C(F)(F)F. The molecule has 2 rings (SSSR count). The fourth-order valence-electron chi connectivity index (χ4n) is 3.02. The number of alkyl halides is 3. The lowest BCUT2D eigenvalue weighted by Gasteiger charge is -2.37. The second-order valence-electron chi connectivity index (χ2n) is 5.25. The number of benzene rings is 1. The highest BCUT2D eigenvalue weighted by atomic mass is 35.5. The van der Waals surface area contributed by atoms with Gasteiger partial charge in [0.1, 0.15) is 0 Å². The zero-order valence-corrected chi connectivity index (χ0v) is 12.3. The van der Waals surface area contributed by atoms with Crippen LogP contribution in [0.3, 0.4) is 0 Å². The van der Waals surface area contributed by atoms with E-state index in [1.807, 2.05) is 6.92 Å². The molecule has 0 aromatic heterocycles. The number of halogens is 4. The zero-order chi connectivity index (χ0) is 14.8. The Hall–Kier alpha value is -0.740. The van der Waals surface area contributed by atoms with Gasteiger partial charge in [0, 0.05) is 6.04 Å². The zero-order valence-electron chi connectivity index (χ0n) is 11.5. The van der Waals surface area contributed by atoms with E-state index < -0.39 is 11.7 Å². The second kappa shape index (κ2) is 6.35. The van der Waals surface area contributed by atoms with Gasteiger partial charge in [0.15, 0.2) is 0 Å². The summed E-state index contributed by atoms with van der Waals surface area (Å²) >= 11 is 5.82. The molecule has 1 saturated heterocycles. The third-order valence-electron chi connectivity index (χ3n) is 3.81. The molecular weight excluding hydrogens is 287 g/mol. The maximum Gasteiger partial charge on any atom is 0.418 e. The van der Waals surface area contributed by atoms with E-state index in [2.05, 4.69) is 4.90 Å². The molecule has 1 fully saturated rings. The van der Waals surface area contributed by atoms with Crippen molar-refractivity contribution in [2.45, 2.75) is 44.8 Å². The average Bonchev–Trinajstić information content (AvgIpc) is 2.38. The third-order valence-corrected chi connectivity index (χ3v) is 4.13. The molecule has 1 atom stereocenters. The fraction of sp³-hybridized carbons (Fsp3) is 0.600. The maximum atomic E-state index is 13.3. The van der Waals surface area contributed by atoms with Crippen LogP contribution in [-0.2, 0) is 6.18 Å². The normalized spacial score (nSPS) is 21.1. The van der Waals surface area contributed by atoms with E-state index in [1.54, 1.807) is 12.1 Å². The predicted molar refractivity (Wildman–Crippen MR) is 74.9 cm³/mol. The Morgan fingerprint density at radius 1 is 1.30 bits per heavy atom. The van der Waals surface area contributed by atoms with Gasteiger partial charge in [-0.1, -0.05) is 37.1 Å². The minimum atomic E-state index is -4.40. The van der Waals surface area contributed by atoms with Crippen molar-refractivity contribution in [2.24, 2.45) is 0 Å². The first-order chi connectivity index (χ1) is 9.45. The van der Waals surface area contributed by atoms with Crippen LogP contribution in [-0.4, -0.2) is 18.0 Å². The van der Waals surface area contributed by atoms with Crippen molar-refractivity contribution in [3.8, 4) is 0 Å². The first-order valence-electron chi connectivity index (χ1n) is 7.04. The second-order valence-corrected chi connectivity index (χ2v) is 5.66. The quantitative estimate of drug-likeness (QED) is 0.733. The van der Waals surface area contributed by atoms with E-state index in [4.69, 9.17) is 11.6 Å². The van der Waals surface area contributed by atoms with Gasteiger partial charge in [0.25, 0.3) is 0 Å². The summed E-state index contributed by atoms with van der Waals surface area (Å²) in [5.41, 5.74) is -0.326. The Labute approximate surface area is 122 Å². The molecule has 0 bridgehead atoms. The number of likely N-dealkylation sites (tertiary alicyclic amines) is 1. The molecule has 0 radical (unpaired) electrons. The highest BCUT2D eigenvalue weighted by Crippen LogP contribution is 2.42. The van der Waals surface area contributed by atoms with Crippen molar-refractivity contribution in [3.63, 3.8) is 0 Å². The summed E-state index contributed by atoms with van der Waals surface area (Å²) in [6, 6.07) is 4.35. The Balaban J connectivity index is 2.42. The molecule has 0 saturated carbocycles. The largest absolute Gasteiger partial charge is 0.418 e. The van der Waals surface area contributed by atoms with Gasteiger partial charge in [-0.05, 0) is 44.0 Å². The van der Waals surface area contributed by atoms with Gasteiger partial charge in [0.2, 0.25) is 0 Å². The summed E-state index contributed by atoms with van der Waals surface area (Å²) in [4.78, 5) is 2.16. The van der Waals surface area contributed by atoms with Crippen LogP contribution in [0.4, 0.5) is 13.2 Å². The Morgan fingerprint density at radius 2 is 2.05 bits per heavy atom. The summed E-state index contributed by atoms with van der Waals surface area (Å²) in [6.07, 6.45) is -0.669. The fourth-order valence-corrected chi connectivity index (χ4v) is 3.30. The van der Waals surface area contributed by atoms with Crippen LogP contribution in [0.1, 0.15) is 49.8 Å².